The molecule has 2 aromatic carbocycles. The molecule has 6 nitrogen and oxygen atoms in total. The Morgan fingerprint density at radius 1 is 0.970 bits per heavy atom. The molecule has 1 aromatic heterocycles. The van der Waals surface area contributed by atoms with Gasteiger partial charge >= 0.3 is 0 Å². The van der Waals surface area contributed by atoms with E-state index in [9.17, 15) is 14.0 Å². The van der Waals surface area contributed by atoms with Crippen molar-refractivity contribution >= 4 is 23.2 Å². The summed E-state index contributed by atoms with van der Waals surface area (Å²) < 4.78 is 23.7. The third-order valence-electron chi connectivity index (χ3n) is 5.06. The van der Waals surface area contributed by atoms with Crippen molar-refractivity contribution in [2.24, 2.45) is 0 Å². The zero-order valence-electron chi connectivity index (χ0n) is 18.7. The van der Waals surface area contributed by atoms with Gasteiger partial charge in [-0.15, -0.1) is 11.3 Å². The van der Waals surface area contributed by atoms with Crippen molar-refractivity contribution in [3.8, 4) is 5.75 Å². The van der Waals surface area contributed by atoms with E-state index < -0.39 is 0 Å². The second kappa shape index (κ2) is 12.1. The first-order chi connectivity index (χ1) is 16.0. The third kappa shape index (κ3) is 7.13. The van der Waals surface area contributed by atoms with Crippen LogP contribution in [0.5, 0.6) is 5.75 Å². The molecule has 0 saturated heterocycles. The van der Waals surface area contributed by atoms with E-state index in [1.54, 1.807) is 59.7 Å². The van der Waals surface area contributed by atoms with E-state index in [0.29, 0.717) is 31.0 Å². The van der Waals surface area contributed by atoms with Crippen molar-refractivity contribution < 1.29 is 23.5 Å². The molecule has 3 aromatic rings. The lowest BCUT2D eigenvalue weighted by molar-refractivity contribution is -0.133. The van der Waals surface area contributed by atoms with Crippen LogP contribution in [0.3, 0.4) is 0 Å². The first kappa shape index (κ1) is 24.4. The fourth-order valence-electron chi connectivity index (χ4n) is 3.29. The zero-order chi connectivity index (χ0) is 23.6. The number of hydrogen-bond acceptors (Lipinski definition) is 5. The number of halogens is 1. The predicted molar refractivity (Wildman–Crippen MR) is 126 cm³/mol. The molecule has 0 aliphatic rings. The van der Waals surface area contributed by atoms with Crippen LogP contribution in [0.2, 0.25) is 0 Å². The highest BCUT2D eigenvalue weighted by Crippen LogP contribution is 2.17. The lowest BCUT2D eigenvalue weighted by atomic mass is 10.1. The van der Waals surface area contributed by atoms with E-state index >= 15 is 0 Å². The third-order valence-corrected chi connectivity index (χ3v) is 5.92. The maximum atomic E-state index is 13.4. The van der Waals surface area contributed by atoms with Crippen molar-refractivity contribution in [2.45, 2.75) is 13.1 Å². The number of ether oxygens (including phenoxy) is 2. The van der Waals surface area contributed by atoms with Crippen molar-refractivity contribution in [2.75, 3.05) is 33.9 Å². The Hall–Kier alpha value is -3.23. The van der Waals surface area contributed by atoms with E-state index in [1.165, 1.54) is 24.1 Å². The molecular weight excluding hydrogens is 443 g/mol. The highest BCUT2D eigenvalue weighted by atomic mass is 32.1. The Bertz CT molecular complexity index is 1040. The fourth-order valence-corrected chi connectivity index (χ4v) is 4.01. The van der Waals surface area contributed by atoms with E-state index in [0.717, 1.165) is 10.4 Å². The summed E-state index contributed by atoms with van der Waals surface area (Å²) in [6.45, 7) is 1.17. The van der Waals surface area contributed by atoms with Crippen LogP contribution in [0.15, 0.2) is 66.0 Å². The summed E-state index contributed by atoms with van der Waals surface area (Å²) in [5.74, 6) is -0.253. The normalized spacial score (nSPS) is 10.6. The second-order valence-corrected chi connectivity index (χ2v) is 8.44. The average molecular weight is 471 g/mol. The zero-order valence-corrected chi connectivity index (χ0v) is 19.5. The number of carbonyl (C=O) groups excluding carboxylic acids is 2. The van der Waals surface area contributed by atoms with E-state index in [-0.39, 0.29) is 30.7 Å². The van der Waals surface area contributed by atoms with Gasteiger partial charge in [0.05, 0.1) is 20.3 Å². The summed E-state index contributed by atoms with van der Waals surface area (Å²) in [5.41, 5.74) is 1.24. The van der Waals surface area contributed by atoms with Crippen LogP contribution in [0, 0.1) is 5.82 Å². The van der Waals surface area contributed by atoms with E-state index in [4.69, 9.17) is 9.47 Å². The first-order valence-corrected chi connectivity index (χ1v) is 11.3. The minimum atomic E-state index is -0.329. The first-order valence-electron chi connectivity index (χ1n) is 10.5. The van der Waals surface area contributed by atoms with Crippen LogP contribution in [-0.4, -0.2) is 55.5 Å². The van der Waals surface area contributed by atoms with Crippen molar-refractivity contribution in [1.29, 1.82) is 0 Å². The fraction of sp³-hybridized carbons (Fsp3) is 0.280. The Labute approximate surface area is 197 Å². The van der Waals surface area contributed by atoms with Gasteiger partial charge in [-0.25, -0.2) is 4.39 Å². The number of benzene rings is 2. The molecule has 0 unspecified atom stereocenters. The summed E-state index contributed by atoms with van der Waals surface area (Å²) in [7, 11) is 3.08. The molecule has 3 rings (SSSR count). The standard InChI is InChI=1S/C25H27FN2O4S/c1-31-13-12-27(25(30)20-5-3-6-22(15-20)32-2)18-24(29)28(17-23-7-4-14-33-23)16-19-8-10-21(26)11-9-19/h3-11,14-15H,12-13,16-18H2,1-2H3. The molecule has 0 aliphatic heterocycles. The van der Waals surface area contributed by atoms with Crippen molar-refractivity contribution in [3.05, 3.63) is 87.9 Å². The quantitative estimate of drug-likeness (QED) is 0.421. The molecule has 8 heteroatoms. The molecule has 33 heavy (non-hydrogen) atoms. The summed E-state index contributed by atoms with van der Waals surface area (Å²) in [6.07, 6.45) is 0. The number of thiophene rings is 1. The molecule has 0 saturated carbocycles. The lowest BCUT2D eigenvalue weighted by Crippen LogP contribution is -2.43. The minimum Gasteiger partial charge on any atom is -0.497 e. The van der Waals surface area contributed by atoms with Crippen LogP contribution in [0.25, 0.3) is 0 Å². The van der Waals surface area contributed by atoms with Crippen LogP contribution in [0.4, 0.5) is 4.39 Å². The van der Waals surface area contributed by atoms with Gasteiger partial charge in [-0.2, -0.15) is 0 Å². The second-order valence-electron chi connectivity index (χ2n) is 7.41. The highest BCUT2D eigenvalue weighted by Gasteiger charge is 2.23. The molecule has 2 amide bonds. The van der Waals surface area contributed by atoms with Gasteiger partial charge in [-0.05, 0) is 47.3 Å². The van der Waals surface area contributed by atoms with Gasteiger partial charge in [-0.3, -0.25) is 9.59 Å². The number of methoxy groups -OCH3 is 2. The average Bonchev–Trinajstić information content (AvgIpc) is 3.35. The van der Waals surface area contributed by atoms with Gasteiger partial charge in [0.15, 0.2) is 0 Å². The Morgan fingerprint density at radius 3 is 2.42 bits per heavy atom. The van der Waals surface area contributed by atoms with Gasteiger partial charge in [0.2, 0.25) is 5.91 Å². The Balaban J connectivity index is 1.80. The van der Waals surface area contributed by atoms with Crippen LogP contribution in [-0.2, 0) is 22.6 Å². The molecule has 0 radical (unpaired) electrons. The largest absolute Gasteiger partial charge is 0.497 e. The molecule has 0 atom stereocenters. The van der Waals surface area contributed by atoms with E-state index in [1.807, 2.05) is 17.5 Å². The number of amides is 2. The van der Waals surface area contributed by atoms with Crippen LogP contribution in [0.1, 0.15) is 20.8 Å². The summed E-state index contributed by atoms with van der Waals surface area (Å²) in [6, 6.07) is 16.8. The van der Waals surface area contributed by atoms with Crippen molar-refractivity contribution in [1.82, 2.24) is 9.80 Å². The summed E-state index contributed by atoms with van der Waals surface area (Å²) in [5, 5.41) is 1.95. The van der Waals surface area contributed by atoms with Gasteiger partial charge in [-0.1, -0.05) is 24.3 Å². The number of carbonyl (C=O) groups is 2. The summed E-state index contributed by atoms with van der Waals surface area (Å²) in [4.78, 5) is 30.7. The molecule has 0 N–H and O–H groups in total. The lowest BCUT2D eigenvalue weighted by Gasteiger charge is -2.27. The monoisotopic (exact) mass is 470 g/mol. The molecule has 174 valence electrons. The number of rotatable bonds is 11. The maximum Gasteiger partial charge on any atom is 0.254 e. The minimum absolute atomic E-state index is 0.105. The molecule has 0 fully saturated rings. The molecular formula is C25H27FN2O4S. The number of hydrogen-bond donors (Lipinski definition) is 0. The van der Waals surface area contributed by atoms with E-state index in [2.05, 4.69) is 0 Å². The smallest absolute Gasteiger partial charge is 0.254 e. The Morgan fingerprint density at radius 2 is 1.76 bits per heavy atom. The summed E-state index contributed by atoms with van der Waals surface area (Å²) >= 11 is 1.55. The van der Waals surface area contributed by atoms with Gasteiger partial charge < -0.3 is 19.3 Å². The van der Waals surface area contributed by atoms with Gasteiger partial charge in [0, 0.05) is 30.6 Å². The van der Waals surface area contributed by atoms with Gasteiger partial charge in [0.25, 0.3) is 5.91 Å². The highest BCUT2D eigenvalue weighted by molar-refractivity contribution is 7.09. The van der Waals surface area contributed by atoms with Gasteiger partial charge in [0.1, 0.15) is 18.1 Å². The Kier molecular flexibility index (Phi) is 8.97. The topological polar surface area (TPSA) is 59.1 Å². The van der Waals surface area contributed by atoms with Crippen LogP contribution < -0.4 is 4.74 Å². The number of nitrogens with zero attached hydrogens (tertiary/aromatic N) is 2. The van der Waals surface area contributed by atoms with Crippen molar-refractivity contribution in [3.63, 3.8) is 0 Å². The molecule has 0 bridgehead atoms. The predicted octanol–water partition coefficient (Wildman–Crippen LogP) is 4.21. The molecule has 0 aliphatic carbocycles. The van der Waals surface area contributed by atoms with Crippen LogP contribution >= 0.6 is 11.3 Å². The molecule has 0 spiro atoms. The maximum absolute atomic E-state index is 13.4. The molecule has 1 heterocycles. The SMILES string of the molecule is COCCN(CC(=O)N(Cc1ccc(F)cc1)Cc1cccs1)C(=O)c1cccc(OC)c1.